The van der Waals surface area contributed by atoms with Crippen molar-refractivity contribution in [2.45, 2.75) is 155 Å². The van der Waals surface area contributed by atoms with Gasteiger partial charge in [0.15, 0.2) is 0 Å². The number of esters is 1. The lowest BCUT2D eigenvalue weighted by atomic mass is 9.79. The van der Waals surface area contributed by atoms with Gasteiger partial charge >= 0.3 is 5.97 Å². The molecule has 0 atom stereocenters. The summed E-state index contributed by atoms with van der Waals surface area (Å²) in [6.45, 7) is 11.3. The van der Waals surface area contributed by atoms with Crippen molar-refractivity contribution >= 4 is 5.97 Å². The first-order valence-corrected chi connectivity index (χ1v) is 12.6. The Bertz CT molecular complexity index is 426. The SMILES string of the molecule is CCCCCCCCCCCCCCCC(=O)OC1CC(C)(C)N(C)C(C)(C)C1. The first-order chi connectivity index (χ1) is 13.7. The number of rotatable bonds is 15. The lowest BCUT2D eigenvalue weighted by Crippen LogP contribution is -2.60. The molecule has 3 nitrogen and oxygen atoms in total. The molecule has 3 heteroatoms. The first-order valence-electron chi connectivity index (χ1n) is 12.6. The van der Waals surface area contributed by atoms with Gasteiger partial charge in [0.25, 0.3) is 0 Å². The first kappa shape index (κ1) is 26.5. The van der Waals surface area contributed by atoms with Gasteiger partial charge in [-0.1, -0.05) is 84.0 Å². The lowest BCUT2D eigenvalue weighted by Gasteiger charge is -2.53. The van der Waals surface area contributed by atoms with Gasteiger partial charge < -0.3 is 4.74 Å². The van der Waals surface area contributed by atoms with Crippen LogP contribution in [0.4, 0.5) is 0 Å². The van der Waals surface area contributed by atoms with Crippen molar-refractivity contribution in [1.29, 1.82) is 0 Å². The Kier molecular flexibility index (Phi) is 12.5. The van der Waals surface area contributed by atoms with Crippen LogP contribution in [0.2, 0.25) is 0 Å². The van der Waals surface area contributed by atoms with Crippen molar-refractivity contribution in [3.8, 4) is 0 Å². The molecule has 0 N–H and O–H groups in total. The molecule has 0 saturated carbocycles. The summed E-state index contributed by atoms with van der Waals surface area (Å²) in [6, 6.07) is 0. The van der Waals surface area contributed by atoms with E-state index in [-0.39, 0.29) is 23.2 Å². The summed E-state index contributed by atoms with van der Waals surface area (Å²) < 4.78 is 5.85. The maximum atomic E-state index is 12.3. The second-order valence-electron chi connectivity index (χ2n) is 10.7. The Balaban J connectivity index is 2.01. The lowest BCUT2D eigenvalue weighted by molar-refractivity contribution is -0.159. The van der Waals surface area contributed by atoms with Crippen LogP contribution in [0.15, 0.2) is 0 Å². The molecule has 0 unspecified atom stereocenters. The predicted molar refractivity (Wildman–Crippen MR) is 125 cm³/mol. The van der Waals surface area contributed by atoms with Crippen molar-refractivity contribution in [3.63, 3.8) is 0 Å². The van der Waals surface area contributed by atoms with E-state index in [0.29, 0.717) is 6.42 Å². The maximum Gasteiger partial charge on any atom is 0.306 e. The van der Waals surface area contributed by atoms with Crippen LogP contribution in [-0.4, -0.2) is 35.1 Å². The molecule has 0 aromatic heterocycles. The van der Waals surface area contributed by atoms with E-state index in [0.717, 1.165) is 25.7 Å². The van der Waals surface area contributed by atoms with E-state index >= 15 is 0 Å². The van der Waals surface area contributed by atoms with Crippen LogP contribution in [-0.2, 0) is 9.53 Å². The number of piperidine rings is 1. The zero-order chi connectivity index (χ0) is 21.8. The molecule has 1 saturated heterocycles. The molecule has 0 radical (unpaired) electrons. The zero-order valence-corrected chi connectivity index (χ0v) is 20.7. The van der Waals surface area contributed by atoms with Gasteiger partial charge in [-0.3, -0.25) is 9.69 Å². The van der Waals surface area contributed by atoms with Crippen LogP contribution in [0.25, 0.3) is 0 Å². The number of carbonyl (C=O) groups excluding carboxylic acids is 1. The molecular weight excluding hydrogens is 358 g/mol. The van der Waals surface area contributed by atoms with Crippen molar-refractivity contribution in [3.05, 3.63) is 0 Å². The van der Waals surface area contributed by atoms with Crippen LogP contribution in [0.3, 0.4) is 0 Å². The highest BCUT2D eigenvalue weighted by molar-refractivity contribution is 5.69. The highest BCUT2D eigenvalue weighted by Gasteiger charge is 2.44. The summed E-state index contributed by atoms with van der Waals surface area (Å²) in [5.74, 6) is 0.00854. The average Bonchev–Trinajstić information content (AvgIpc) is 2.63. The number of ether oxygens (including phenoxy) is 1. The van der Waals surface area contributed by atoms with Crippen LogP contribution < -0.4 is 0 Å². The normalized spacial score (nSPS) is 19.4. The standard InChI is InChI=1S/C26H51NO2/c1-7-8-9-10-11-12-13-14-15-16-17-18-19-20-24(28)29-23-21-25(2,3)27(6)26(4,5)22-23/h23H,7-22H2,1-6H3. The van der Waals surface area contributed by atoms with Gasteiger partial charge in [-0.05, 0) is 41.2 Å². The predicted octanol–water partition coefficient (Wildman–Crippen LogP) is 7.66. The molecule has 29 heavy (non-hydrogen) atoms. The summed E-state index contributed by atoms with van der Waals surface area (Å²) in [7, 11) is 2.19. The third-order valence-corrected chi connectivity index (χ3v) is 7.05. The van der Waals surface area contributed by atoms with Crippen molar-refractivity contribution in [2.75, 3.05) is 7.05 Å². The summed E-state index contributed by atoms with van der Waals surface area (Å²) in [6.07, 6.45) is 19.8. The number of likely N-dealkylation sites (tertiary alicyclic amines) is 1. The van der Waals surface area contributed by atoms with E-state index in [9.17, 15) is 4.79 Å². The molecule has 0 bridgehead atoms. The van der Waals surface area contributed by atoms with Gasteiger partial charge in [0.05, 0.1) is 0 Å². The van der Waals surface area contributed by atoms with Crippen molar-refractivity contribution in [1.82, 2.24) is 4.90 Å². The minimum atomic E-state index is 0.00854. The third-order valence-electron chi connectivity index (χ3n) is 7.05. The van der Waals surface area contributed by atoms with E-state index in [1.54, 1.807) is 0 Å². The van der Waals surface area contributed by atoms with Crippen LogP contribution in [0.1, 0.15) is 137 Å². The van der Waals surface area contributed by atoms with Gasteiger partial charge in [0.1, 0.15) is 6.10 Å². The summed E-state index contributed by atoms with van der Waals surface area (Å²) in [5.41, 5.74) is 0.143. The van der Waals surface area contributed by atoms with E-state index in [4.69, 9.17) is 4.74 Å². The van der Waals surface area contributed by atoms with Crippen LogP contribution >= 0.6 is 0 Å². The van der Waals surface area contributed by atoms with E-state index in [1.807, 2.05) is 0 Å². The number of hydrogen-bond acceptors (Lipinski definition) is 3. The van der Waals surface area contributed by atoms with Gasteiger partial charge in [-0.15, -0.1) is 0 Å². The molecule has 1 aliphatic rings. The second-order valence-corrected chi connectivity index (χ2v) is 10.7. The second kappa shape index (κ2) is 13.7. The average molecular weight is 410 g/mol. The van der Waals surface area contributed by atoms with Gasteiger partial charge in [0, 0.05) is 30.3 Å². The fraction of sp³-hybridized carbons (Fsp3) is 0.962. The molecule has 1 fully saturated rings. The van der Waals surface area contributed by atoms with Crippen molar-refractivity contribution < 1.29 is 9.53 Å². The Morgan fingerprint density at radius 1 is 0.759 bits per heavy atom. The fourth-order valence-electron chi connectivity index (χ4n) is 4.89. The Labute approximate surface area is 182 Å². The number of nitrogens with zero attached hydrogens (tertiary/aromatic N) is 1. The molecule has 0 amide bonds. The molecule has 0 aromatic rings. The molecule has 1 rings (SSSR count). The topological polar surface area (TPSA) is 29.5 Å². The molecule has 172 valence electrons. The Morgan fingerprint density at radius 2 is 1.14 bits per heavy atom. The quantitative estimate of drug-likeness (QED) is 0.205. The molecule has 1 heterocycles. The third kappa shape index (κ3) is 10.9. The number of unbranched alkanes of at least 4 members (excludes halogenated alkanes) is 12. The summed E-state index contributed by atoms with van der Waals surface area (Å²) in [5, 5.41) is 0. The van der Waals surface area contributed by atoms with E-state index in [1.165, 1.54) is 70.6 Å². The minimum Gasteiger partial charge on any atom is -0.462 e. The monoisotopic (exact) mass is 409 g/mol. The number of carbonyl (C=O) groups is 1. The summed E-state index contributed by atoms with van der Waals surface area (Å²) >= 11 is 0. The van der Waals surface area contributed by atoms with Gasteiger partial charge in [-0.25, -0.2) is 0 Å². The molecule has 0 aromatic carbocycles. The highest BCUT2D eigenvalue weighted by Crippen LogP contribution is 2.38. The minimum absolute atomic E-state index is 0.00854. The van der Waals surface area contributed by atoms with Gasteiger partial charge in [-0.2, -0.15) is 0 Å². The number of hydrogen-bond donors (Lipinski definition) is 0. The molecule has 1 aliphatic heterocycles. The van der Waals surface area contributed by atoms with E-state index in [2.05, 4.69) is 46.6 Å². The largest absolute Gasteiger partial charge is 0.462 e. The van der Waals surface area contributed by atoms with Crippen LogP contribution in [0, 0.1) is 0 Å². The highest BCUT2D eigenvalue weighted by atomic mass is 16.5. The smallest absolute Gasteiger partial charge is 0.306 e. The van der Waals surface area contributed by atoms with E-state index < -0.39 is 0 Å². The van der Waals surface area contributed by atoms with Crippen LogP contribution in [0.5, 0.6) is 0 Å². The molecule has 0 aliphatic carbocycles. The molecule has 0 spiro atoms. The van der Waals surface area contributed by atoms with Crippen molar-refractivity contribution in [2.24, 2.45) is 0 Å². The molecular formula is C26H51NO2. The zero-order valence-electron chi connectivity index (χ0n) is 20.7. The fourth-order valence-corrected chi connectivity index (χ4v) is 4.89. The van der Waals surface area contributed by atoms with Gasteiger partial charge in [0.2, 0.25) is 0 Å². The Hall–Kier alpha value is -0.570. The Morgan fingerprint density at radius 3 is 1.55 bits per heavy atom. The maximum absolute atomic E-state index is 12.3. The summed E-state index contributed by atoms with van der Waals surface area (Å²) in [4.78, 5) is 14.7.